The highest BCUT2D eigenvalue weighted by Crippen LogP contribution is 2.11. The molecule has 0 aliphatic carbocycles. The Kier molecular flexibility index (Phi) is 6.64. The predicted octanol–water partition coefficient (Wildman–Crippen LogP) is 0.813. The van der Waals surface area contributed by atoms with Crippen LogP contribution in [0.15, 0.2) is 30.3 Å². The van der Waals surface area contributed by atoms with Gasteiger partial charge in [0.15, 0.2) is 0 Å². The molecule has 0 spiro atoms. The lowest BCUT2D eigenvalue weighted by atomic mass is 10.1. The predicted molar refractivity (Wildman–Crippen MR) is 87.1 cm³/mol. The average Bonchev–Trinajstić information content (AvgIpc) is 2.54. The number of piperazine rings is 1. The van der Waals surface area contributed by atoms with Gasteiger partial charge in [-0.2, -0.15) is 0 Å². The second-order valence-corrected chi connectivity index (χ2v) is 6.10. The zero-order valence-corrected chi connectivity index (χ0v) is 13.6. The van der Waals surface area contributed by atoms with E-state index in [2.05, 4.69) is 16.7 Å². The van der Waals surface area contributed by atoms with Crippen molar-refractivity contribution < 1.29 is 14.9 Å². The maximum absolute atomic E-state index is 10.1. The minimum absolute atomic E-state index is 0.188. The van der Waals surface area contributed by atoms with Crippen LogP contribution in [-0.2, 0) is 0 Å². The second-order valence-electron chi connectivity index (χ2n) is 6.10. The topological polar surface area (TPSA) is 56.2 Å². The molecule has 3 unspecified atom stereocenters. The third-order valence-corrected chi connectivity index (χ3v) is 4.34. The van der Waals surface area contributed by atoms with Gasteiger partial charge in [-0.05, 0) is 26.0 Å². The number of β-amino-alcohol motifs (C(OH)–C–C–N with tert-alkyl or cyclic N) is 1. The van der Waals surface area contributed by atoms with Gasteiger partial charge in [0.2, 0.25) is 0 Å². The van der Waals surface area contributed by atoms with Gasteiger partial charge in [0, 0.05) is 38.8 Å². The summed E-state index contributed by atoms with van der Waals surface area (Å²) in [6.45, 7) is 8.53. The molecule has 1 heterocycles. The Morgan fingerprint density at radius 3 is 2.27 bits per heavy atom. The van der Waals surface area contributed by atoms with E-state index in [1.165, 1.54) is 0 Å². The van der Waals surface area contributed by atoms with Crippen molar-refractivity contribution in [2.24, 2.45) is 0 Å². The summed E-state index contributed by atoms with van der Waals surface area (Å²) in [5.41, 5.74) is 0. The molecule has 1 saturated heterocycles. The van der Waals surface area contributed by atoms with E-state index in [-0.39, 0.29) is 12.1 Å². The number of benzene rings is 1. The fourth-order valence-corrected chi connectivity index (χ4v) is 2.72. The molecule has 124 valence electrons. The molecule has 0 amide bonds. The highest BCUT2D eigenvalue weighted by atomic mass is 16.5. The Bertz CT molecular complexity index is 419. The van der Waals surface area contributed by atoms with Crippen LogP contribution in [0.3, 0.4) is 0 Å². The van der Waals surface area contributed by atoms with Gasteiger partial charge in [0.05, 0.1) is 6.10 Å². The van der Waals surface area contributed by atoms with Crippen molar-refractivity contribution >= 4 is 0 Å². The zero-order valence-electron chi connectivity index (χ0n) is 13.6. The normalized spacial score (nSPS) is 21.3. The van der Waals surface area contributed by atoms with Crippen LogP contribution in [0.2, 0.25) is 0 Å². The van der Waals surface area contributed by atoms with E-state index in [9.17, 15) is 10.2 Å². The first-order valence-electron chi connectivity index (χ1n) is 8.06. The molecule has 0 saturated carbocycles. The molecule has 1 aromatic carbocycles. The molecular weight excluding hydrogens is 280 g/mol. The van der Waals surface area contributed by atoms with Gasteiger partial charge in [-0.15, -0.1) is 0 Å². The lowest BCUT2D eigenvalue weighted by Gasteiger charge is -2.39. The quantitative estimate of drug-likeness (QED) is 0.781. The molecule has 22 heavy (non-hydrogen) atoms. The molecule has 5 nitrogen and oxygen atoms in total. The number of aliphatic hydroxyl groups is 2. The number of hydrogen-bond acceptors (Lipinski definition) is 5. The first-order valence-corrected chi connectivity index (χ1v) is 8.06. The maximum atomic E-state index is 10.1. The summed E-state index contributed by atoms with van der Waals surface area (Å²) in [6.07, 6.45) is -0.794. The number of ether oxygens (including phenoxy) is 1. The van der Waals surface area contributed by atoms with Gasteiger partial charge in [-0.1, -0.05) is 18.2 Å². The number of hydrogen-bond donors (Lipinski definition) is 2. The van der Waals surface area contributed by atoms with E-state index in [1.807, 2.05) is 37.3 Å². The fourth-order valence-electron chi connectivity index (χ4n) is 2.72. The van der Waals surface area contributed by atoms with Crippen LogP contribution in [0, 0.1) is 0 Å². The summed E-state index contributed by atoms with van der Waals surface area (Å²) < 4.78 is 5.58. The molecule has 1 aliphatic heterocycles. The Balaban J connectivity index is 1.67. The fraction of sp³-hybridized carbons (Fsp3) is 0.647. The first-order chi connectivity index (χ1) is 10.6. The highest BCUT2D eigenvalue weighted by Gasteiger charge is 2.24. The van der Waals surface area contributed by atoms with Crippen LogP contribution in [-0.4, -0.2) is 77.6 Å². The molecule has 0 aromatic heterocycles. The van der Waals surface area contributed by atoms with Crippen LogP contribution < -0.4 is 4.74 Å². The lowest BCUT2D eigenvalue weighted by molar-refractivity contribution is 0.0134. The summed E-state index contributed by atoms with van der Waals surface area (Å²) in [4.78, 5) is 4.55. The van der Waals surface area contributed by atoms with Gasteiger partial charge < -0.3 is 14.9 Å². The standard InChI is InChI=1S/C17H28N2O3/c1-14(15(2)20)19-10-8-18(9-11-19)12-16(21)13-22-17-6-4-3-5-7-17/h3-7,14-16,20-21H,8-13H2,1-2H3. The number of aliphatic hydroxyl groups excluding tert-OH is 2. The van der Waals surface area contributed by atoms with E-state index in [4.69, 9.17) is 4.74 Å². The Morgan fingerprint density at radius 1 is 1.05 bits per heavy atom. The van der Waals surface area contributed by atoms with Crippen LogP contribution in [0.1, 0.15) is 13.8 Å². The Hall–Kier alpha value is -1.14. The monoisotopic (exact) mass is 308 g/mol. The molecule has 1 fully saturated rings. The molecular formula is C17H28N2O3. The maximum Gasteiger partial charge on any atom is 0.119 e. The van der Waals surface area contributed by atoms with Gasteiger partial charge in [-0.3, -0.25) is 9.80 Å². The van der Waals surface area contributed by atoms with Crippen molar-refractivity contribution in [3.05, 3.63) is 30.3 Å². The molecule has 3 atom stereocenters. The number of nitrogens with zero attached hydrogens (tertiary/aromatic N) is 2. The van der Waals surface area contributed by atoms with Crippen molar-refractivity contribution in [2.45, 2.75) is 32.1 Å². The molecule has 0 bridgehead atoms. The summed E-state index contributed by atoms with van der Waals surface area (Å²) in [5.74, 6) is 0.789. The van der Waals surface area contributed by atoms with Crippen LogP contribution in [0.5, 0.6) is 5.75 Å². The molecule has 2 rings (SSSR count). The third-order valence-electron chi connectivity index (χ3n) is 4.34. The van der Waals surface area contributed by atoms with Crippen molar-refractivity contribution in [1.29, 1.82) is 0 Å². The SMILES string of the molecule is CC(O)C(C)N1CCN(CC(O)COc2ccccc2)CC1. The van der Waals surface area contributed by atoms with Crippen LogP contribution in [0.4, 0.5) is 0 Å². The summed E-state index contributed by atoms with van der Waals surface area (Å²) in [6, 6.07) is 9.76. The van der Waals surface area contributed by atoms with E-state index < -0.39 is 6.10 Å². The summed E-state index contributed by atoms with van der Waals surface area (Å²) in [7, 11) is 0. The zero-order chi connectivity index (χ0) is 15.9. The van der Waals surface area contributed by atoms with E-state index in [1.54, 1.807) is 0 Å². The lowest BCUT2D eigenvalue weighted by Crippen LogP contribution is -2.53. The molecule has 1 aliphatic rings. The van der Waals surface area contributed by atoms with E-state index in [0.29, 0.717) is 13.2 Å². The average molecular weight is 308 g/mol. The molecule has 1 aromatic rings. The van der Waals surface area contributed by atoms with Crippen molar-refractivity contribution in [3.8, 4) is 5.75 Å². The van der Waals surface area contributed by atoms with Crippen LogP contribution in [0.25, 0.3) is 0 Å². The minimum atomic E-state index is -0.485. The van der Waals surface area contributed by atoms with E-state index in [0.717, 1.165) is 31.9 Å². The number of para-hydroxylation sites is 1. The smallest absolute Gasteiger partial charge is 0.119 e. The Labute approximate surface area is 133 Å². The van der Waals surface area contributed by atoms with Gasteiger partial charge >= 0.3 is 0 Å². The van der Waals surface area contributed by atoms with Crippen LogP contribution >= 0.6 is 0 Å². The summed E-state index contributed by atoms with van der Waals surface area (Å²) >= 11 is 0. The van der Waals surface area contributed by atoms with Gasteiger partial charge in [-0.25, -0.2) is 0 Å². The molecule has 2 N–H and O–H groups in total. The summed E-state index contributed by atoms with van der Waals surface area (Å²) in [5, 5.41) is 19.8. The highest BCUT2D eigenvalue weighted by molar-refractivity contribution is 5.20. The van der Waals surface area contributed by atoms with Gasteiger partial charge in [0.25, 0.3) is 0 Å². The second kappa shape index (κ2) is 8.48. The van der Waals surface area contributed by atoms with Crippen molar-refractivity contribution in [2.75, 3.05) is 39.3 Å². The third kappa shape index (κ3) is 5.25. The minimum Gasteiger partial charge on any atom is -0.491 e. The molecule has 0 radical (unpaired) electrons. The number of rotatable bonds is 7. The van der Waals surface area contributed by atoms with Gasteiger partial charge in [0.1, 0.15) is 18.5 Å². The molecule has 5 heteroatoms. The Morgan fingerprint density at radius 2 is 1.68 bits per heavy atom. The van der Waals surface area contributed by atoms with Crippen molar-refractivity contribution in [3.63, 3.8) is 0 Å². The largest absolute Gasteiger partial charge is 0.491 e. The first kappa shape index (κ1) is 17.2. The van der Waals surface area contributed by atoms with Crippen molar-refractivity contribution in [1.82, 2.24) is 9.80 Å². The van der Waals surface area contributed by atoms with E-state index >= 15 is 0 Å².